The Labute approximate surface area is 74.8 Å². The Bertz CT molecular complexity index is 180. The van der Waals surface area contributed by atoms with Crippen LogP contribution in [0.1, 0.15) is 44.9 Å². The minimum atomic E-state index is 0.782. The molecule has 0 radical (unpaired) electrons. The molecule has 2 aliphatic carbocycles. The SMILES string of the molecule is N#CCCC1CC2CCC(C1)C2. The fourth-order valence-electron chi connectivity index (χ4n) is 3.15. The standard InChI is InChI=1S/C11H17N/c12-5-1-2-9-6-10-3-4-11(7-9)8-10/h9-11H,1-4,6-8H2. The Balaban J connectivity index is 1.82. The van der Waals surface area contributed by atoms with Gasteiger partial charge in [-0.25, -0.2) is 0 Å². The Kier molecular flexibility index (Phi) is 2.35. The van der Waals surface area contributed by atoms with Crippen molar-refractivity contribution in [2.45, 2.75) is 44.9 Å². The van der Waals surface area contributed by atoms with Crippen LogP contribution in [-0.2, 0) is 0 Å². The minimum Gasteiger partial charge on any atom is -0.198 e. The van der Waals surface area contributed by atoms with E-state index in [4.69, 9.17) is 5.26 Å². The van der Waals surface area contributed by atoms with Gasteiger partial charge in [0, 0.05) is 6.42 Å². The van der Waals surface area contributed by atoms with Crippen molar-refractivity contribution < 1.29 is 0 Å². The van der Waals surface area contributed by atoms with E-state index < -0.39 is 0 Å². The lowest BCUT2D eigenvalue weighted by Gasteiger charge is -2.26. The van der Waals surface area contributed by atoms with E-state index in [0.29, 0.717) is 0 Å². The van der Waals surface area contributed by atoms with Gasteiger partial charge in [0.2, 0.25) is 0 Å². The molecule has 1 nitrogen and oxygen atoms in total. The lowest BCUT2D eigenvalue weighted by molar-refractivity contribution is 0.251. The Morgan fingerprint density at radius 3 is 2.33 bits per heavy atom. The molecule has 0 saturated heterocycles. The number of rotatable bonds is 2. The highest BCUT2D eigenvalue weighted by Crippen LogP contribution is 2.45. The normalized spacial score (nSPS) is 39.4. The smallest absolute Gasteiger partial charge is 0.0621 e. The summed E-state index contributed by atoms with van der Waals surface area (Å²) in [7, 11) is 0. The fourth-order valence-corrected chi connectivity index (χ4v) is 3.15. The van der Waals surface area contributed by atoms with E-state index in [1.807, 2.05) is 0 Å². The molecule has 2 unspecified atom stereocenters. The molecule has 0 aromatic carbocycles. The summed E-state index contributed by atoms with van der Waals surface area (Å²) < 4.78 is 0. The summed E-state index contributed by atoms with van der Waals surface area (Å²) in [6, 6.07) is 2.27. The maximum Gasteiger partial charge on any atom is 0.0621 e. The molecule has 0 amide bonds. The maximum atomic E-state index is 8.49. The molecule has 2 fully saturated rings. The molecule has 2 aliphatic rings. The number of hydrogen-bond acceptors (Lipinski definition) is 1. The molecule has 2 rings (SSSR count). The summed E-state index contributed by atoms with van der Waals surface area (Å²) in [6.07, 6.45) is 9.27. The third kappa shape index (κ3) is 1.63. The van der Waals surface area contributed by atoms with Gasteiger partial charge in [-0.1, -0.05) is 12.8 Å². The molecule has 0 aromatic rings. The first-order valence-electron chi connectivity index (χ1n) is 5.25. The zero-order valence-corrected chi connectivity index (χ0v) is 7.63. The highest BCUT2D eigenvalue weighted by atomic mass is 14.4. The third-order valence-corrected chi connectivity index (χ3v) is 3.65. The number of nitrogens with zero attached hydrogens (tertiary/aromatic N) is 1. The van der Waals surface area contributed by atoms with Crippen LogP contribution in [0.15, 0.2) is 0 Å². The molecule has 0 spiro atoms. The zero-order valence-electron chi connectivity index (χ0n) is 7.63. The summed E-state index contributed by atoms with van der Waals surface area (Å²) in [5.74, 6) is 2.97. The summed E-state index contributed by atoms with van der Waals surface area (Å²) in [4.78, 5) is 0. The number of fused-ring (bicyclic) bond motifs is 2. The molecular weight excluding hydrogens is 146 g/mol. The predicted octanol–water partition coefficient (Wildman–Crippen LogP) is 3.12. The van der Waals surface area contributed by atoms with Crippen molar-refractivity contribution in [3.63, 3.8) is 0 Å². The topological polar surface area (TPSA) is 23.8 Å². The van der Waals surface area contributed by atoms with Crippen molar-refractivity contribution in [1.29, 1.82) is 5.26 Å². The first kappa shape index (κ1) is 8.10. The van der Waals surface area contributed by atoms with E-state index in [-0.39, 0.29) is 0 Å². The van der Waals surface area contributed by atoms with E-state index >= 15 is 0 Å². The van der Waals surface area contributed by atoms with Crippen LogP contribution in [0.2, 0.25) is 0 Å². The van der Waals surface area contributed by atoms with Gasteiger partial charge in [-0.05, 0) is 43.4 Å². The van der Waals surface area contributed by atoms with Crippen molar-refractivity contribution in [1.82, 2.24) is 0 Å². The van der Waals surface area contributed by atoms with Gasteiger partial charge in [0.05, 0.1) is 6.07 Å². The maximum absolute atomic E-state index is 8.49. The average molecular weight is 163 g/mol. The zero-order chi connectivity index (χ0) is 8.39. The van der Waals surface area contributed by atoms with E-state index in [1.165, 1.54) is 38.5 Å². The average Bonchev–Trinajstić information content (AvgIpc) is 2.42. The van der Waals surface area contributed by atoms with Crippen LogP contribution in [0.4, 0.5) is 0 Å². The highest BCUT2D eigenvalue weighted by Gasteiger charge is 2.33. The molecule has 0 aliphatic heterocycles. The molecule has 66 valence electrons. The minimum absolute atomic E-state index is 0.782. The van der Waals surface area contributed by atoms with Crippen LogP contribution in [0.25, 0.3) is 0 Å². The molecule has 0 aromatic heterocycles. The number of hydrogen-bond donors (Lipinski definition) is 0. The van der Waals surface area contributed by atoms with Crippen LogP contribution in [0, 0.1) is 29.1 Å². The Morgan fingerprint density at radius 1 is 1.08 bits per heavy atom. The second-order valence-electron chi connectivity index (χ2n) is 4.58. The van der Waals surface area contributed by atoms with Gasteiger partial charge in [-0.3, -0.25) is 0 Å². The molecule has 1 heteroatoms. The van der Waals surface area contributed by atoms with Crippen molar-refractivity contribution in [2.75, 3.05) is 0 Å². The molecule has 2 bridgehead atoms. The first-order chi connectivity index (χ1) is 5.88. The summed E-state index contributed by atoms with van der Waals surface area (Å²) in [5.41, 5.74) is 0. The Hall–Kier alpha value is -0.510. The first-order valence-corrected chi connectivity index (χ1v) is 5.25. The molecule has 2 atom stereocenters. The van der Waals surface area contributed by atoms with Gasteiger partial charge in [0.1, 0.15) is 0 Å². The monoisotopic (exact) mass is 163 g/mol. The Morgan fingerprint density at radius 2 is 1.75 bits per heavy atom. The largest absolute Gasteiger partial charge is 0.198 e. The number of nitriles is 1. The van der Waals surface area contributed by atoms with Crippen LogP contribution < -0.4 is 0 Å². The molecule has 12 heavy (non-hydrogen) atoms. The van der Waals surface area contributed by atoms with Gasteiger partial charge in [-0.15, -0.1) is 0 Å². The molecule has 2 saturated carbocycles. The third-order valence-electron chi connectivity index (χ3n) is 3.65. The lowest BCUT2D eigenvalue weighted by Crippen LogP contribution is -2.15. The van der Waals surface area contributed by atoms with Crippen LogP contribution >= 0.6 is 0 Å². The second-order valence-corrected chi connectivity index (χ2v) is 4.58. The summed E-state index contributed by atoms with van der Waals surface area (Å²) >= 11 is 0. The van der Waals surface area contributed by atoms with Gasteiger partial charge in [0.25, 0.3) is 0 Å². The van der Waals surface area contributed by atoms with Crippen LogP contribution in [0.5, 0.6) is 0 Å². The molecule has 0 N–H and O–H groups in total. The van der Waals surface area contributed by atoms with Crippen LogP contribution in [-0.4, -0.2) is 0 Å². The fraction of sp³-hybridized carbons (Fsp3) is 0.909. The predicted molar refractivity (Wildman–Crippen MR) is 48.4 cm³/mol. The summed E-state index contributed by atoms with van der Waals surface area (Å²) in [6.45, 7) is 0. The van der Waals surface area contributed by atoms with E-state index in [1.54, 1.807) is 0 Å². The quantitative estimate of drug-likeness (QED) is 0.613. The summed E-state index contributed by atoms with van der Waals surface area (Å²) in [5, 5.41) is 8.49. The second kappa shape index (κ2) is 3.47. The van der Waals surface area contributed by atoms with E-state index in [2.05, 4.69) is 6.07 Å². The van der Waals surface area contributed by atoms with Gasteiger partial charge in [-0.2, -0.15) is 5.26 Å². The lowest BCUT2D eigenvalue weighted by atomic mass is 9.79. The molecular formula is C11H17N. The molecule has 0 heterocycles. The van der Waals surface area contributed by atoms with E-state index in [0.717, 1.165) is 24.2 Å². The van der Waals surface area contributed by atoms with Crippen LogP contribution in [0.3, 0.4) is 0 Å². The highest BCUT2D eigenvalue weighted by molar-refractivity contribution is 4.86. The van der Waals surface area contributed by atoms with Crippen molar-refractivity contribution in [3.05, 3.63) is 0 Å². The van der Waals surface area contributed by atoms with Crippen molar-refractivity contribution in [3.8, 4) is 6.07 Å². The van der Waals surface area contributed by atoms with Gasteiger partial charge in [0.15, 0.2) is 0 Å². The van der Waals surface area contributed by atoms with Gasteiger partial charge >= 0.3 is 0 Å². The van der Waals surface area contributed by atoms with Crippen molar-refractivity contribution >= 4 is 0 Å². The van der Waals surface area contributed by atoms with E-state index in [9.17, 15) is 0 Å². The van der Waals surface area contributed by atoms with Crippen molar-refractivity contribution in [2.24, 2.45) is 17.8 Å². The van der Waals surface area contributed by atoms with Gasteiger partial charge < -0.3 is 0 Å².